The molecule has 19 heavy (non-hydrogen) atoms. The van der Waals surface area contributed by atoms with Gasteiger partial charge in [0, 0.05) is 31.1 Å². The van der Waals surface area contributed by atoms with Crippen molar-refractivity contribution in [2.45, 2.75) is 71.1 Å². The van der Waals surface area contributed by atoms with Gasteiger partial charge >= 0.3 is 0 Å². The summed E-state index contributed by atoms with van der Waals surface area (Å²) < 4.78 is 11.2. The molecule has 110 valence electrons. The van der Waals surface area contributed by atoms with Gasteiger partial charge in [-0.3, -0.25) is 4.79 Å². The van der Waals surface area contributed by atoms with Crippen molar-refractivity contribution < 1.29 is 14.3 Å². The molecule has 1 heterocycles. The molecule has 0 aromatic heterocycles. The number of hydrogen-bond donors (Lipinski definition) is 1. The highest BCUT2D eigenvalue weighted by Crippen LogP contribution is 2.42. The molecule has 2 rings (SSSR count). The van der Waals surface area contributed by atoms with Gasteiger partial charge in [0.05, 0.1) is 12.2 Å². The molecule has 4 nitrogen and oxygen atoms in total. The molecule has 0 aromatic rings. The summed E-state index contributed by atoms with van der Waals surface area (Å²) in [5, 5.41) is 3.14. The molecule has 0 aromatic carbocycles. The molecule has 1 amide bonds. The number of ether oxygens (including phenoxy) is 2. The number of carbonyl (C=O) groups is 1. The Morgan fingerprint density at radius 1 is 1.47 bits per heavy atom. The topological polar surface area (TPSA) is 47.6 Å². The standard InChI is InChI=1S/C15H27NO3/c1-4-18-13-10-12(15(13,2)3)16-14(17)8-7-11-6-5-9-19-11/h11-13H,4-10H2,1-3H3,(H,16,17)/t11-,12-,13+/m0/s1. The minimum absolute atomic E-state index is 0.0511. The summed E-state index contributed by atoms with van der Waals surface area (Å²) in [5.74, 6) is 0.156. The van der Waals surface area contributed by atoms with Gasteiger partial charge in [-0.15, -0.1) is 0 Å². The van der Waals surface area contributed by atoms with E-state index in [0.717, 1.165) is 38.9 Å². The van der Waals surface area contributed by atoms with Gasteiger partial charge in [0.1, 0.15) is 0 Å². The average molecular weight is 269 g/mol. The molecule has 1 aliphatic heterocycles. The molecule has 0 radical (unpaired) electrons. The van der Waals surface area contributed by atoms with Crippen molar-refractivity contribution in [1.29, 1.82) is 0 Å². The molecule has 2 aliphatic rings. The van der Waals surface area contributed by atoms with E-state index in [0.29, 0.717) is 12.5 Å². The second-order valence-corrected chi connectivity index (χ2v) is 6.29. The number of amides is 1. The van der Waals surface area contributed by atoms with Crippen molar-refractivity contribution in [3.8, 4) is 0 Å². The highest BCUT2D eigenvalue weighted by atomic mass is 16.5. The summed E-state index contributed by atoms with van der Waals surface area (Å²) in [6, 6.07) is 0.251. The first-order chi connectivity index (χ1) is 9.04. The van der Waals surface area contributed by atoms with E-state index in [2.05, 4.69) is 19.2 Å². The van der Waals surface area contributed by atoms with Gasteiger partial charge in [-0.2, -0.15) is 0 Å². The molecule has 1 saturated heterocycles. The van der Waals surface area contributed by atoms with Crippen LogP contribution in [0.5, 0.6) is 0 Å². The molecule has 1 N–H and O–H groups in total. The zero-order chi connectivity index (χ0) is 13.9. The van der Waals surface area contributed by atoms with E-state index < -0.39 is 0 Å². The van der Waals surface area contributed by atoms with E-state index >= 15 is 0 Å². The summed E-state index contributed by atoms with van der Waals surface area (Å²) in [4.78, 5) is 11.9. The maximum atomic E-state index is 11.9. The first kappa shape index (κ1) is 14.8. The molecule has 0 unspecified atom stereocenters. The van der Waals surface area contributed by atoms with Crippen LogP contribution in [0.2, 0.25) is 0 Å². The Bertz CT molecular complexity index is 311. The van der Waals surface area contributed by atoms with Crippen LogP contribution in [0.3, 0.4) is 0 Å². The summed E-state index contributed by atoms with van der Waals surface area (Å²) in [7, 11) is 0. The first-order valence-electron chi connectivity index (χ1n) is 7.56. The lowest BCUT2D eigenvalue weighted by Crippen LogP contribution is -2.62. The van der Waals surface area contributed by atoms with Gasteiger partial charge in [-0.05, 0) is 32.6 Å². The van der Waals surface area contributed by atoms with Crippen LogP contribution in [-0.4, -0.2) is 37.4 Å². The van der Waals surface area contributed by atoms with Crippen LogP contribution in [0.4, 0.5) is 0 Å². The van der Waals surface area contributed by atoms with E-state index in [4.69, 9.17) is 9.47 Å². The molecule has 0 spiro atoms. The van der Waals surface area contributed by atoms with Crippen LogP contribution >= 0.6 is 0 Å². The first-order valence-corrected chi connectivity index (χ1v) is 7.56. The second-order valence-electron chi connectivity index (χ2n) is 6.29. The zero-order valence-electron chi connectivity index (χ0n) is 12.4. The van der Waals surface area contributed by atoms with Crippen molar-refractivity contribution in [3.05, 3.63) is 0 Å². The monoisotopic (exact) mass is 269 g/mol. The fourth-order valence-electron chi connectivity index (χ4n) is 3.04. The normalized spacial score (nSPS) is 32.9. The van der Waals surface area contributed by atoms with Crippen LogP contribution in [0.1, 0.15) is 52.9 Å². The third-order valence-corrected chi connectivity index (χ3v) is 4.60. The van der Waals surface area contributed by atoms with Crippen molar-refractivity contribution in [3.63, 3.8) is 0 Å². The van der Waals surface area contributed by atoms with Crippen LogP contribution in [0.25, 0.3) is 0 Å². The van der Waals surface area contributed by atoms with E-state index in [9.17, 15) is 4.79 Å². The van der Waals surface area contributed by atoms with Crippen LogP contribution in [0.15, 0.2) is 0 Å². The predicted molar refractivity (Wildman–Crippen MR) is 74.0 cm³/mol. The lowest BCUT2D eigenvalue weighted by atomic mass is 9.64. The Balaban J connectivity index is 1.68. The molecular formula is C15H27NO3. The average Bonchev–Trinajstić information content (AvgIpc) is 2.88. The smallest absolute Gasteiger partial charge is 0.220 e. The second kappa shape index (κ2) is 6.23. The zero-order valence-corrected chi connectivity index (χ0v) is 12.4. The van der Waals surface area contributed by atoms with Crippen molar-refractivity contribution in [1.82, 2.24) is 5.32 Å². The number of carbonyl (C=O) groups excluding carboxylic acids is 1. The lowest BCUT2D eigenvalue weighted by Gasteiger charge is -2.51. The Hall–Kier alpha value is -0.610. The third kappa shape index (κ3) is 3.48. The van der Waals surface area contributed by atoms with Gasteiger partial charge in [0.2, 0.25) is 5.91 Å². The molecule has 0 bridgehead atoms. The van der Waals surface area contributed by atoms with Crippen LogP contribution in [-0.2, 0) is 14.3 Å². The fraction of sp³-hybridized carbons (Fsp3) is 0.933. The van der Waals surface area contributed by atoms with Gasteiger partial charge in [0.25, 0.3) is 0 Å². The third-order valence-electron chi connectivity index (χ3n) is 4.60. The minimum Gasteiger partial charge on any atom is -0.378 e. The molecule has 2 fully saturated rings. The minimum atomic E-state index is 0.0511. The van der Waals surface area contributed by atoms with Gasteiger partial charge in [0.15, 0.2) is 0 Å². The van der Waals surface area contributed by atoms with Crippen molar-refractivity contribution in [2.75, 3.05) is 13.2 Å². The largest absolute Gasteiger partial charge is 0.378 e. The van der Waals surface area contributed by atoms with E-state index in [1.165, 1.54) is 0 Å². The SMILES string of the molecule is CCO[C@@H]1C[C@H](NC(=O)CC[C@@H]2CCCO2)C1(C)C. The molecule has 1 saturated carbocycles. The Morgan fingerprint density at radius 3 is 2.84 bits per heavy atom. The molecule has 3 atom stereocenters. The highest BCUT2D eigenvalue weighted by molar-refractivity contribution is 5.76. The number of nitrogens with one attached hydrogen (secondary N) is 1. The Morgan fingerprint density at radius 2 is 2.26 bits per heavy atom. The van der Waals surface area contributed by atoms with Gasteiger partial charge in [-0.25, -0.2) is 0 Å². The predicted octanol–water partition coefficient (Wildman–Crippen LogP) is 2.27. The maximum Gasteiger partial charge on any atom is 0.220 e. The molecular weight excluding hydrogens is 242 g/mol. The summed E-state index contributed by atoms with van der Waals surface area (Å²) >= 11 is 0. The molecule has 1 aliphatic carbocycles. The summed E-state index contributed by atoms with van der Waals surface area (Å²) in [5.41, 5.74) is 0.0511. The van der Waals surface area contributed by atoms with Crippen LogP contribution in [0, 0.1) is 5.41 Å². The van der Waals surface area contributed by atoms with Gasteiger partial charge < -0.3 is 14.8 Å². The van der Waals surface area contributed by atoms with E-state index in [-0.39, 0.29) is 23.5 Å². The van der Waals surface area contributed by atoms with Gasteiger partial charge in [-0.1, -0.05) is 13.8 Å². The Kier molecular flexibility index (Phi) is 4.85. The van der Waals surface area contributed by atoms with E-state index in [1.807, 2.05) is 6.92 Å². The highest BCUT2D eigenvalue weighted by Gasteiger charge is 2.49. The fourth-order valence-corrected chi connectivity index (χ4v) is 3.04. The lowest BCUT2D eigenvalue weighted by molar-refractivity contribution is -0.137. The number of hydrogen-bond acceptors (Lipinski definition) is 3. The maximum absolute atomic E-state index is 11.9. The van der Waals surface area contributed by atoms with Crippen LogP contribution < -0.4 is 5.32 Å². The molecule has 4 heteroatoms. The van der Waals surface area contributed by atoms with Crippen molar-refractivity contribution >= 4 is 5.91 Å². The number of rotatable bonds is 6. The quantitative estimate of drug-likeness (QED) is 0.804. The van der Waals surface area contributed by atoms with Crippen molar-refractivity contribution in [2.24, 2.45) is 5.41 Å². The summed E-state index contributed by atoms with van der Waals surface area (Å²) in [6.45, 7) is 7.96. The summed E-state index contributed by atoms with van der Waals surface area (Å²) in [6.07, 6.45) is 5.20. The van der Waals surface area contributed by atoms with E-state index in [1.54, 1.807) is 0 Å². The Labute approximate surface area is 116 Å².